The predicted octanol–water partition coefficient (Wildman–Crippen LogP) is 5.20. The monoisotopic (exact) mass is 445 g/mol. The van der Waals surface area contributed by atoms with E-state index in [0.29, 0.717) is 20.6 Å². The molecule has 2 heterocycles. The maximum Gasteiger partial charge on any atom is 0.346 e. The first kappa shape index (κ1) is 17.9. The zero-order chi connectivity index (χ0) is 17.1. The molecule has 0 amide bonds. The Labute approximate surface area is 161 Å². The summed E-state index contributed by atoms with van der Waals surface area (Å²) < 4.78 is 12.0. The summed E-state index contributed by atoms with van der Waals surface area (Å²) in [4.78, 5) is 16.3. The first-order chi connectivity index (χ1) is 11.6. The van der Waals surface area contributed by atoms with Crippen LogP contribution in [-0.4, -0.2) is 29.6 Å². The molecule has 2 aromatic rings. The topological polar surface area (TPSA) is 48.4 Å². The number of carbonyl (C=O) groups excluding carboxylic acids is 1. The number of carbonyl (C=O) groups is 1. The van der Waals surface area contributed by atoms with Crippen molar-refractivity contribution in [2.75, 3.05) is 18.6 Å². The Hall–Kier alpha value is -0.890. The summed E-state index contributed by atoms with van der Waals surface area (Å²) in [6.45, 7) is 0. The molecular formula is C16H13BrClNO3S2. The molecule has 0 aliphatic carbocycles. The second kappa shape index (κ2) is 7.99. The minimum absolute atomic E-state index is 0.105. The van der Waals surface area contributed by atoms with Crippen molar-refractivity contribution in [1.82, 2.24) is 4.98 Å². The molecule has 1 aromatic carbocycles. The molecule has 0 atom stereocenters. The Balaban J connectivity index is 1.90. The molecular weight excluding hydrogens is 434 g/mol. The van der Waals surface area contributed by atoms with Crippen LogP contribution in [0.3, 0.4) is 0 Å². The van der Waals surface area contributed by atoms with Crippen molar-refractivity contribution in [3.8, 4) is 11.5 Å². The van der Waals surface area contributed by atoms with E-state index >= 15 is 0 Å². The summed E-state index contributed by atoms with van der Waals surface area (Å²) in [6, 6.07) is 7.07. The molecule has 0 unspecified atom stereocenters. The van der Waals surface area contributed by atoms with E-state index in [1.807, 2.05) is 35.7 Å². The highest BCUT2D eigenvalue weighted by Crippen LogP contribution is 2.48. The lowest BCUT2D eigenvalue weighted by atomic mass is 10.2. The van der Waals surface area contributed by atoms with Gasteiger partial charge in [0.15, 0.2) is 11.5 Å². The number of ether oxygens (including phenoxy) is 2. The van der Waals surface area contributed by atoms with Crippen molar-refractivity contribution in [3.63, 3.8) is 0 Å². The third-order valence-electron chi connectivity index (χ3n) is 3.32. The predicted molar refractivity (Wildman–Crippen MR) is 103 cm³/mol. The van der Waals surface area contributed by atoms with Crippen molar-refractivity contribution in [2.24, 2.45) is 0 Å². The number of rotatable bonds is 4. The van der Waals surface area contributed by atoms with E-state index in [1.54, 1.807) is 19.2 Å². The zero-order valence-corrected chi connectivity index (χ0v) is 16.6. The Morgan fingerprint density at radius 2 is 2.12 bits per heavy atom. The fourth-order valence-corrected chi connectivity index (χ4v) is 5.77. The fourth-order valence-electron chi connectivity index (χ4n) is 2.21. The van der Waals surface area contributed by atoms with Crippen LogP contribution in [0.5, 0.6) is 11.5 Å². The maximum atomic E-state index is 12.4. The fraction of sp³-hybridized carbons (Fsp3) is 0.250. The zero-order valence-electron chi connectivity index (χ0n) is 12.6. The highest BCUT2D eigenvalue weighted by molar-refractivity contribution is 9.10. The van der Waals surface area contributed by atoms with Crippen LogP contribution >= 0.6 is 51.1 Å². The molecule has 1 aliphatic heterocycles. The Morgan fingerprint density at radius 3 is 2.79 bits per heavy atom. The minimum Gasteiger partial charge on any atom is -0.493 e. The van der Waals surface area contributed by atoms with E-state index in [1.165, 1.54) is 6.20 Å². The number of thioether (sulfide) groups is 2. The molecule has 0 bridgehead atoms. The SMILES string of the molecule is COc1cc(C2SCCS2)cc(Br)c1OC(=O)c1cccnc1Cl. The van der Waals surface area contributed by atoms with Gasteiger partial charge in [-0.2, -0.15) is 0 Å². The van der Waals surface area contributed by atoms with Gasteiger partial charge < -0.3 is 9.47 Å². The van der Waals surface area contributed by atoms with Crippen molar-refractivity contribution < 1.29 is 14.3 Å². The number of benzene rings is 1. The molecule has 0 N–H and O–H groups in total. The summed E-state index contributed by atoms with van der Waals surface area (Å²) in [6.07, 6.45) is 1.52. The molecule has 3 rings (SSSR count). The van der Waals surface area contributed by atoms with Crippen molar-refractivity contribution in [1.29, 1.82) is 0 Å². The van der Waals surface area contributed by atoms with Crippen LogP contribution < -0.4 is 9.47 Å². The van der Waals surface area contributed by atoms with E-state index in [-0.39, 0.29) is 10.7 Å². The van der Waals surface area contributed by atoms with Crippen LogP contribution in [0, 0.1) is 0 Å². The van der Waals surface area contributed by atoms with Crippen LogP contribution in [0.2, 0.25) is 5.15 Å². The molecule has 1 aromatic heterocycles. The van der Waals surface area contributed by atoms with Gasteiger partial charge in [0.25, 0.3) is 0 Å². The Bertz CT molecular complexity index is 769. The van der Waals surface area contributed by atoms with Crippen LogP contribution in [-0.2, 0) is 0 Å². The number of hydrogen-bond donors (Lipinski definition) is 0. The second-order valence-corrected chi connectivity index (χ2v) is 8.78. The van der Waals surface area contributed by atoms with E-state index in [0.717, 1.165) is 17.1 Å². The number of aromatic nitrogens is 1. The van der Waals surface area contributed by atoms with Gasteiger partial charge in [-0.15, -0.1) is 23.5 Å². The first-order valence-corrected chi connectivity index (χ1v) is 10.3. The molecule has 24 heavy (non-hydrogen) atoms. The van der Waals surface area contributed by atoms with E-state index in [4.69, 9.17) is 21.1 Å². The van der Waals surface area contributed by atoms with E-state index in [9.17, 15) is 4.79 Å². The van der Waals surface area contributed by atoms with Crippen LogP contribution in [0.1, 0.15) is 20.5 Å². The number of nitrogens with zero attached hydrogens (tertiary/aromatic N) is 1. The number of hydrogen-bond acceptors (Lipinski definition) is 6. The van der Waals surface area contributed by atoms with Gasteiger partial charge in [0.05, 0.1) is 21.7 Å². The van der Waals surface area contributed by atoms with Gasteiger partial charge in [0.1, 0.15) is 5.15 Å². The minimum atomic E-state index is -0.579. The third-order valence-corrected chi connectivity index (χ3v) is 7.31. The molecule has 0 saturated carbocycles. The van der Waals surface area contributed by atoms with Crippen LogP contribution in [0.25, 0.3) is 0 Å². The van der Waals surface area contributed by atoms with E-state index < -0.39 is 5.97 Å². The molecule has 1 fully saturated rings. The molecule has 1 saturated heterocycles. The number of halogens is 2. The Kier molecular flexibility index (Phi) is 5.97. The summed E-state index contributed by atoms with van der Waals surface area (Å²) in [5, 5.41) is 0.105. The quantitative estimate of drug-likeness (QED) is 0.365. The van der Waals surface area contributed by atoms with Gasteiger partial charge in [0.2, 0.25) is 0 Å². The summed E-state index contributed by atoms with van der Waals surface area (Å²) in [5.41, 5.74) is 1.34. The number of pyridine rings is 1. The smallest absolute Gasteiger partial charge is 0.346 e. The normalized spacial score (nSPS) is 14.6. The lowest BCUT2D eigenvalue weighted by molar-refractivity contribution is 0.0728. The second-order valence-electron chi connectivity index (χ2n) is 4.84. The summed E-state index contributed by atoms with van der Waals surface area (Å²) in [5.74, 6) is 2.52. The molecule has 0 spiro atoms. The summed E-state index contributed by atoms with van der Waals surface area (Å²) >= 11 is 13.2. The average molecular weight is 447 g/mol. The molecule has 1 aliphatic rings. The van der Waals surface area contributed by atoms with Gasteiger partial charge >= 0.3 is 5.97 Å². The van der Waals surface area contributed by atoms with Gasteiger partial charge in [-0.25, -0.2) is 9.78 Å². The lowest BCUT2D eigenvalue weighted by Crippen LogP contribution is -2.11. The largest absolute Gasteiger partial charge is 0.493 e. The maximum absolute atomic E-state index is 12.4. The van der Waals surface area contributed by atoms with Crippen LogP contribution in [0.15, 0.2) is 34.9 Å². The van der Waals surface area contributed by atoms with Gasteiger partial charge in [0, 0.05) is 17.7 Å². The summed E-state index contributed by atoms with van der Waals surface area (Å²) in [7, 11) is 1.55. The van der Waals surface area contributed by atoms with Crippen LogP contribution in [0.4, 0.5) is 0 Å². The molecule has 8 heteroatoms. The van der Waals surface area contributed by atoms with E-state index in [2.05, 4.69) is 20.9 Å². The average Bonchev–Trinajstić information content (AvgIpc) is 3.11. The van der Waals surface area contributed by atoms with Gasteiger partial charge in [-0.1, -0.05) is 11.6 Å². The molecule has 126 valence electrons. The van der Waals surface area contributed by atoms with Gasteiger partial charge in [-0.3, -0.25) is 0 Å². The van der Waals surface area contributed by atoms with Crippen molar-refractivity contribution in [3.05, 3.63) is 51.2 Å². The van der Waals surface area contributed by atoms with Crippen molar-refractivity contribution in [2.45, 2.75) is 4.58 Å². The molecule has 0 radical (unpaired) electrons. The lowest BCUT2D eigenvalue weighted by Gasteiger charge is -2.15. The third kappa shape index (κ3) is 3.85. The number of esters is 1. The number of methoxy groups -OCH3 is 1. The highest BCUT2D eigenvalue weighted by atomic mass is 79.9. The highest BCUT2D eigenvalue weighted by Gasteiger charge is 2.23. The molecule has 4 nitrogen and oxygen atoms in total. The Morgan fingerprint density at radius 1 is 1.38 bits per heavy atom. The standard InChI is InChI=1S/C16H13BrClNO3S2/c1-21-12-8-9(16-23-5-6-24-16)7-11(17)13(12)22-15(20)10-3-2-4-19-14(10)18/h2-4,7-8,16H,5-6H2,1H3. The van der Waals surface area contributed by atoms with Gasteiger partial charge in [-0.05, 0) is 45.8 Å². The first-order valence-electron chi connectivity index (χ1n) is 7.03. The van der Waals surface area contributed by atoms with Crippen molar-refractivity contribution >= 4 is 57.0 Å².